The Morgan fingerprint density at radius 1 is 1.08 bits per heavy atom. The second-order valence-corrected chi connectivity index (χ2v) is 6.12. The predicted molar refractivity (Wildman–Crippen MR) is 98.1 cm³/mol. The first kappa shape index (κ1) is 17.9. The van der Waals surface area contributed by atoms with Crippen LogP contribution in [0, 0.1) is 0 Å². The van der Waals surface area contributed by atoms with Gasteiger partial charge in [-0.3, -0.25) is 4.79 Å². The monoisotopic (exact) mass is 326 g/mol. The second kappa shape index (κ2) is 8.96. The molecule has 0 aliphatic rings. The normalized spacial score (nSPS) is 10.6. The van der Waals surface area contributed by atoms with E-state index in [1.807, 2.05) is 50.2 Å². The van der Waals surface area contributed by atoms with E-state index in [1.54, 1.807) is 0 Å². The fourth-order valence-electron chi connectivity index (χ4n) is 2.45. The van der Waals surface area contributed by atoms with Crippen molar-refractivity contribution in [3.05, 3.63) is 59.7 Å². The van der Waals surface area contributed by atoms with E-state index in [0.29, 0.717) is 30.8 Å². The molecule has 4 heteroatoms. The molecule has 2 aromatic carbocycles. The summed E-state index contributed by atoms with van der Waals surface area (Å²) in [5.41, 5.74) is 8.88. The number of anilines is 1. The Bertz CT molecular complexity index is 654. The average molecular weight is 326 g/mol. The third-order valence-electron chi connectivity index (χ3n) is 3.66. The molecule has 0 atom stereocenters. The number of aryl methyl sites for hydroxylation is 1. The van der Waals surface area contributed by atoms with Gasteiger partial charge in [-0.1, -0.05) is 36.4 Å². The lowest BCUT2D eigenvalue weighted by Crippen LogP contribution is -2.25. The van der Waals surface area contributed by atoms with Crippen LogP contribution in [-0.4, -0.2) is 18.6 Å². The molecular weight excluding hydrogens is 300 g/mol. The van der Waals surface area contributed by atoms with Crippen LogP contribution in [0.15, 0.2) is 48.5 Å². The van der Waals surface area contributed by atoms with Crippen molar-refractivity contribution < 1.29 is 9.53 Å². The number of carbonyl (C=O) groups is 1. The van der Waals surface area contributed by atoms with Crippen molar-refractivity contribution in [2.45, 2.75) is 39.2 Å². The Labute approximate surface area is 144 Å². The first-order chi connectivity index (χ1) is 11.5. The molecule has 128 valence electrons. The number of nitrogens with one attached hydrogen (secondary N) is 1. The van der Waals surface area contributed by atoms with Gasteiger partial charge in [0.2, 0.25) is 5.91 Å². The van der Waals surface area contributed by atoms with Crippen LogP contribution in [-0.2, 0) is 17.6 Å². The number of hydrogen-bond acceptors (Lipinski definition) is 3. The van der Waals surface area contributed by atoms with E-state index in [1.165, 1.54) is 5.56 Å². The number of ether oxygens (including phenoxy) is 1. The van der Waals surface area contributed by atoms with E-state index in [0.717, 1.165) is 12.0 Å². The quantitative estimate of drug-likeness (QED) is 0.731. The molecule has 24 heavy (non-hydrogen) atoms. The predicted octanol–water partition coefficient (Wildman–Crippen LogP) is 3.35. The van der Waals surface area contributed by atoms with Gasteiger partial charge >= 0.3 is 0 Å². The fourth-order valence-corrected chi connectivity index (χ4v) is 2.45. The minimum atomic E-state index is 0.0620. The maximum atomic E-state index is 11.9. The van der Waals surface area contributed by atoms with E-state index in [9.17, 15) is 4.79 Å². The van der Waals surface area contributed by atoms with Crippen molar-refractivity contribution >= 4 is 11.6 Å². The van der Waals surface area contributed by atoms with Crippen molar-refractivity contribution in [2.75, 3.05) is 12.3 Å². The number of nitrogen functional groups attached to an aromatic ring is 1. The zero-order valence-electron chi connectivity index (χ0n) is 14.4. The van der Waals surface area contributed by atoms with Crippen LogP contribution in [0.1, 0.15) is 31.4 Å². The number of amides is 1. The third kappa shape index (κ3) is 5.95. The van der Waals surface area contributed by atoms with Crippen LogP contribution in [0.5, 0.6) is 5.75 Å². The molecule has 0 spiro atoms. The Balaban J connectivity index is 1.74. The molecule has 2 rings (SSSR count). The summed E-state index contributed by atoms with van der Waals surface area (Å²) in [5, 5.41) is 2.96. The molecule has 2 aromatic rings. The van der Waals surface area contributed by atoms with Crippen molar-refractivity contribution in [3.63, 3.8) is 0 Å². The van der Waals surface area contributed by atoms with Gasteiger partial charge in [-0.05, 0) is 49.9 Å². The number of rotatable bonds is 8. The summed E-state index contributed by atoms with van der Waals surface area (Å²) in [4.78, 5) is 11.9. The van der Waals surface area contributed by atoms with Gasteiger partial charge in [0, 0.05) is 13.0 Å². The minimum absolute atomic E-state index is 0.0620. The van der Waals surface area contributed by atoms with Gasteiger partial charge in [0.1, 0.15) is 5.75 Å². The Kier molecular flexibility index (Phi) is 6.67. The van der Waals surface area contributed by atoms with E-state index < -0.39 is 0 Å². The van der Waals surface area contributed by atoms with Crippen LogP contribution >= 0.6 is 0 Å². The molecule has 0 saturated heterocycles. The number of carbonyl (C=O) groups excluding carboxylic acids is 1. The van der Waals surface area contributed by atoms with Crippen LogP contribution < -0.4 is 15.8 Å². The maximum Gasteiger partial charge on any atom is 0.220 e. The van der Waals surface area contributed by atoms with Gasteiger partial charge in [-0.25, -0.2) is 0 Å². The Morgan fingerprint density at radius 2 is 1.83 bits per heavy atom. The molecule has 0 aliphatic carbocycles. The molecule has 1 amide bonds. The molecule has 0 radical (unpaired) electrons. The first-order valence-corrected chi connectivity index (χ1v) is 8.40. The molecule has 0 fully saturated rings. The van der Waals surface area contributed by atoms with E-state index >= 15 is 0 Å². The lowest BCUT2D eigenvalue weighted by atomic mass is 10.1. The smallest absolute Gasteiger partial charge is 0.220 e. The van der Waals surface area contributed by atoms with Gasteiger partial charge in [-0.2, -0.15) is 0 Å². The maximum absolute atomic E-state index is 11.9. The largest absolute Gasteiger partial charge is 0.489 e. The number of nitrogens with two attached hydrogens (primary N) is 1. The fraction of sp³-hybridized carbons (Fsp3) is 0.350. The summed E-state index contributed by atoms with van der Waals surface area (Å²) in [6.45, 7) is 4.59. The highest BCUT2D eigenvalue weighted by atomic mass is 16.5. The molecule has 0 unspecified atom stereocenters. The lowest BCUT2D eigenvalue weighted by molar-refractivity contribution is -0.121. The Morgan fingerprint density at radius 3 is 2.50 bits per heavy atom. The summed E-state index contributed by atoms with van der Waals surface area (Å²) in [5.74, 6) is 0.757. The molecule has 4 nitrogen and oxygen atoms in total. The minimum Gasteiger partial charge on any atom is -0.489 e. The van der Waals surface area contributed by atoms with Crippen molar-refractivity contribution in [2.24, 2.45) is 0 Å². The second-order valence-electron chi connectivity index (χ2n) is 6.12. The Hall–Kier alpha value is -2.49. The molecule has 0 bridgehead atoms. The lowest BCUT2D eigenvalue weighted by Gasteiger charge is -2.13. The van der Waals surface area contributed by atoms with Crippen LogP contribution in [0.3, 0.4) is 0 Å². The van der Waals surface area contributed by atoms with Gasteiger partial charge in [-0.15, -0.1) is 0 Å². The zero-order valence-corrected chi connectivity index (χ0v) is 14.4. The highest BCUT2D eigenvalue weighted by Crippen LogP contribution is 2.24. The van der Waals surface area contributed by atoms with Crippen molar-refractivity contribution in [1.29, 1.82) is 0 Å². The van der Waals surface area contributed by atoms with E-state index in [4.69, 9.17) is 10.5 Å². The molecule has 0 aliphatic heterocycles. The van der Waals surface area contributed by atoms with Gasteiger partial charge in [0.15, 0.2) is 0 Å². The highest BCUT2D eigenvalue weighted by Gasteiger charge is 2.06. The summed E-state index contributed by atoms with van der Waals surface area (Å²) in [6, 6.07) is 15.9. The first-order valence-electron chi connectivity index (χ1n) is 8.40. The SMILES string of the molecule is CC(C)Oc1ccc(CCC(=O)NCCc2ccccc2)cc1N. The molecule has 0 aromatic heterocycles. The van der Waals surface area contributed by atoms with Crippen LogP contribution in [0.25, 0.3) is 0 Å². The molecule has 0 saturated carbocycles. The zero-order chi connectivity index (χ0) is 17.4. The van der Waals surface area contributed by atoms with Crippen molar-refractivity contribution in [1.82, 2.24) is 5.32 Å². The van der Waals surface area contributed by atoms with Crippen LogP contribution in [0.4, 0.5) is 5.69 Å². The summed E-state index contributed by atoms with van der Waals surface area (Å²) >= 11 is 0. The summed E-state index contributed by atoms with van der Waals surface area (Å²) in [6.07, 6.45) is 2.07. The van der Waals surface area contributed by atoms with Gasteiger partial charge in [0.05, 0.1) is 11.8 Å². The highest BCUT2D eigenvalue weighted by molar-refractivity contribution is 5.76. The van der Waals surface area contributed by atoms with Gasteiger partial charge in [0.25, 0.3) is 0 Å². The van der Waals surface area contributed by atoms with E-state index in [2.05, 4.69) is 17.4 Å². The molecular formula is C20H26N2O2. The standard InChI is InChI=1S/C20H26N2O2/c1-15(2)24-19-10-8-17(14-18(19)21)9-11-20(23)22-13-12-16-6-4-3-5-7-16/h3-8,10,14-15H,9,11-13,21H2,1-2H3,(H,22,23). The molecule has 3 N–H and O–H groups in total. The number of benzene rings is 2. The molecule has 0 heterocycles. The third-order valence-corrected chi connectivity index (χ3v) is 3.66. The van der Waals surface area contributed by atoms with Gasteiger partial charge < -0.3 is 15.8 Å². The summed E-state index contributed by atoms with van der Waals surface area (Å²) in [7, 11) is 0. The number of hydrogen-bond donors (Lipinski definition) is 2. The van der Waals surface area contributed by atoms with E-state index in [-0.39, 0.29) is 12.0 Å². The van der Waals surface area contributed by atoms with Crippen molar-refractivity contribution in [3.8, 4) is 5.75 Å². The average Bonchev–Trinajstić information content (AvgIpc) is 2.56. The topological polar surface area (TPSA) is 64.3 Å². The van der Waals surface area contributed by atoms with Crippen LogP contribution in [0.2, 0.25) is 0 Å². The summed E-state index contributed by atoms with van der Waals surface area (Å²) < 4.78 is 5.62.